The predicted molar refractivity (Wildman–Crippen MR) is 94.3 cm³/mol. The molecule has 4 rings (SSSR count). The van der Waals surface area contributed by atoms with Crippen LogP contribution in [0.25, 0.3) is 0 Å². The molecule has 2 unspecified atom stereocenters. The first-order chi connectivity index (χ1) is 12.5. The monoisotopic (exact) mass is 358 g/mol. The van der Waals surface area contributed by atoms with Gasteiger partial charge in [-0.25, -0.2) is 9.37 Å². The Kier molecular flexibility index (Phi) is 4.38. The molecule has 2 saturated heterocycles. The van der Waals surface area contributed by atoms with Crippen LogP contribution >= 0.6 is 0 Å². The second-order valence-corrected chi connectivity index (χ2v) is 7.36. The minimum atomic E-state index is -0.316. The maximum atomic E-state index is 13.0. The third-order valence-corrected chi connectivity index (χ3v) is 5.64. The summed E-state index contributed by atoms with van der Waals surface area (Å²) in [5.41, 5.74) is 1.92. The lowest BCUT2D eigenvalue weighted by molar-refractivity contribution is -0.130. The number of halogens is 1. The fourth-order valence-electron chi connectivity index (χ4n) is 4.19. The Morgan fingerprint density at radius 3 is 2.54 bits per heavy atom. The molecule has 2 aliphatic rings. The number of carbonyl (C=O) groups is 1. The van der Waals surface area contributed by atoms with E-state index in [0.29, 0.717) is 24.7 Å². The van der Waals surface area contributed by atoms with Crippen molar-refractivity contribution in [1.29, 1.82) is 0 Å². The maximum Gasteiger partial charge on any atom is 0.222 e. The minimum Gasteiger partial charge on any atom is -0.361 e. The molecule has 2 fully saturated rings. The molecule has 0 spiro atoms. The summed E-state index contributed by atoms with van der Waals surface area (Å²) in [6.07, 6.45) is 2.43. The summed E-state index contributed by atoms with van der Waals surface area (Å²) < 4.78 is 18.2. The van der Waals surface area contributed by atoms with E-state index in [1.165, 1.54) is 12.3 Å². The molecule has 2 atom stereocenters. The minimum absolute atomic E-state index is 0.200. The predicted octanol–water partition coefficient (Wildman–Crippen LogP) is 2.35. The fraction of sp³-hybridized carbons (Fsp3) is 0.526. The Morgan fingerprint density at radius 2 is 1.96 bits per heavy atom. The van der Waals surface area contributed by atoms with Gasteiger partial charge in [0.2, 0.25) is 5.91 Å². The molecule has 0 aromatic carbocycles. The SMILES string of the molecule is Cc1noc(C)c1CCC(=O)N1CC2CN(c3ccc(F)cn3)CC2C1. The number of nitrogens with zero attached hydrogens (tertiary/aromatic N) is 4. The highest BCUT2D eigenvalue weighted by molar-refractivity contribution is 5.77. The van der Waals surface area contributed by atoms with Crippen LogP contribution in [0, 0.1) is 31.5 Å². The molecule has 4 heterocycles. The number of hydrogen-bond acceptors (Lipinski definition) is 5. The molecule has 7 heteroatoms. The van der Waals surface area contributed by atoms with Gasteiger partial charge in [-0.3, -0.25) is 4.79 Å². The fourth-order valence-corrected chi connectivity index (χ4v) is 4.19. The van der Waals surface area contributed by atoms with Crippen molar-refractivity contribution in [2.45, 2.75) is 26.7 Å². The van der Waals surface area contributed by atoms with Gasteiger partial charge in [0.05, 0.1) is 11.9 Å². The van der Waals surface area contributed by atoms with E-state index in [0.717, 1.165) is 49.0 Å². The van der Waals surface area contributed by atoms with Gasteiger partial charge in [0.15, 0.2) is 0 Å². The average Bonchev–Trinajstić information content (AvgIpc) is 3.27. The average molecular weight is 358 g/mol. The van der Waals surface area contributed by atoms with Crippen molar-refractivity contribution < 1.29 is 13.7 Å². The standard InChI is InChI=1S/C19H23FN4O2/c1-12-17(13(2)26-22-12)4-6-19(25)24-10-14-8-23(9-15(14)11-24)18-5-3-16(20)7-21-18/h3,5,7,14-15H,4,6,8-11H2,1-2H3. The molecular weight excluding hydrogens is 335 g/mol. The molecule has 0 radical (unpaired) electrons. The summed E-state index contributed by atoms with van der Waals surface area (Å²) in [7, 11) is 0. The van der Waals surface area contributed by atoms with Crippen LogP contribution in [-0.2, 0) is 11.2 Å². The highest BCUT2D eigenvalue weighted by Gasteiger charge is 2.41. The molecule has 138 valence electrons. The van der Waals surface area contributed by atoms with E-state index in [2.05, 4.69) is 15.0 Å². The highest BCUT2D eigenvalue weighted by atomic mass is 19.1. The molecule has 2 aromatic heterocycles. The molecular formula is C19H23FN4O2. The van der Waals surface area contributed by atoms with Crippen LogP contribution in [0.1, 0.15) is 23.4 Å². The van der Waals surface area contributed by atoms with E-state index >= 15 is 0 Å². The number of pyridine rings is 1. The number of aryl methyl sites for hydroxylation is 2. The molecule has 0 bridgehead atoms. The molecule has 2 aromatic rings. The van der Waals surface area contributed by atoms with Crippen LogP contribution in [0.5, 0.6) is 0 Å². The molecule has 2 aliphatic heterocycles. The first kappa shape index (κ1) is 17.0. The van der Waals surface area contributed by atoms with E-state index in [-0.39, 0.29) is 11.7 Å². The molecule has 0 aliphatic carbocycles. The zero-order valence-electron chi connectivity index (χ0n) is 15.1. The molecule has 0 saturated carbocycles. The lowest BCUT2D eigenvalue weighted by Crippen LogP contribution is -2.33. The third kappa shape index (κ3) is 3.18. The second kappa shape index (κ2) is 6.70. The Morgan fingerprint density at radius 1 is 1.23 bits per heavy atom. The maximum absolute atomic E-state index is 13.0. The van der Waals surface area contributed by atoms with E-state index in [1.54, 1.807) is 6.07 Å². The molecule has 26 heavy (non-hydrogen) atoms. The normalized spacial score (nSPS) is 22.1. The highest BCUT2D eigenvalue weighted by Crippen LogP contribution is 2.33. The molecule has 1 amide bonds. The lowest BCUT2D eigenvalue weighted by Gasteiger charge is -2.22. The quantitative estimate of drug-likeness (QED) is 0.840. The number of amides is 1. The van der Waals surface area contributed by atoms with E-state index < -0.39 is 0 Å². The van der Waals surface area contributed by atoms with Crippen molar-refractivity contribution in [2.24, 2.45) is 11.8 Å². The van der Waals surface area contributed by atoms with Gasteiger partial charge in [0, 0.05) is 50.0 Å². The Balaban J connectivity index is 1.31. The Labute approximate surface area is 152 Å². The first-order valence-electron chi connectivity index (χ1n) is 9.07. The van der Waals surface area contributed by atoms with Crippen molar-refractivity contribution >= 4 is 11.7 Å². The summed E-state index contributed by atoms with van der Waals surface area (Å²) in [4.78, 5) is 20.9. The van der Waals surface area contributed by atoms with Gasteiger partial charge in [-0.05, 0) is 32.4 Å². The van der Waals surface area contributed by atoms with Gasteiger partial charge in [-0.15, -0.1) is 0 Å². The topological polar surface area (TPSA) is 62.5 Å². The van der Waals surface area contributed by atoms with Crippen LogP contribution in [-0.4, -0.2) is 47.1 Å². The van der Waals surface area contributed by atoms with Crippen molar-refractivity contribution in [3.63, 3.8) is 0 Å². The van der Waals surface area contributed by atoms with Crippen LogP contribution in [0.2, 0.25) is 0 Å². The lowest BCUT2D eigenvalue weighted by atomic mass is 10.0. The van der Waals surface area contributed by atoms with Gasteiger partial charge in [-0.1, -0.05) is 5.16 Å². The third-order valence-electron chi connectivity index (χ3n) is 5.64. The summed E-state index contributed by atoms with van der Waals surface area (Å²) in [5.74, 6) is 2.43. The zero-order valence-corrected chi connectivity index (χ0v) is 15.1. The number of fused-ring (bicyclic) bond motifs is 1. The van der Waals surface area contributed by atoms with Crippen LogP contribution in [0.3, 0.4) is 0 Å². The van der Waals surface area contributed by atoms with Crippen LogP contribution in [0.15, 0.2) is 22.9 Å². The van der Waals surface area contributed by atoms with Crippen LogP contribution in [0.4, 0.5) is 10.2 Å². The number of anilines is 1. The van der Waals surface area contributed by atoms with E-state index in [4.69, 9.17) is 4.52 Å². The van der Waals surface area contributed by atoms with Crippen molar-refractivity contribution in [3.8, 4) is 0 Å². The van der Waals surface area contributed by atoms with Gasteiger partial charge in [-0.2, -0.15) is 0 Å². The number of carbonyl (C=O) groups excluding carboxylic acids is 1. The summed E-state index contributed by atoms with van der Waals surface area (Å²) in [5, 5.41) is 3.95. The Bertz CT molecular complexity index is 771. The van der Waals surface area contributed by atoms with Crippen molar-refractivity contribution in [2.75, 3.05) is 31.1 Å². The van der Waals surface area contributed by atoms with E-state index in [1.807, 2.05) is 18.7 Å². The van der Waals surface area contributed by atoms with Crippen molar-refractivity contribution in [1.82, 2.24) is 15.0 Å². The largest absolute Gasteiger partial charge is 0.361 e. The second-order valence-electron chi connectivity index (χ2n) is 7.36. The number of likely N-dealkylation sites (tertiary alicyclic amines) is 1. The Hall–Kier alpha value is -2.44. The number of rotatable bonds is 4. The van der Waals surface area contributed by atoms with Crippen LogP contribution < -0.4 is 4.90 Å². The van der Waals surface area contributed by atoms with E-state index in [9.17, 15) is 9.18 Å². The van der Waals surface area contributed by atoms with Gasteiger partial charge in [0.1, 0.15) is 17.4 Å². The van der Waals surface area contributed by atoms with Crippen molar-refractivity contribution in [3.05, 3.63) is 41.2 Å². The zero-order chi connectivity index (χ0) is 18.3. The van der Waals surface area contributed by atoms with Gasteiger partial charge < -0.3 is 14.3 Å². The smallest absolute Gasteiger partial charge is 0.222 e. The first-order valence-corrected chi connectivity index (χ1v) is 9.07. The summed E-state index contributed by atoms with van der Waals surface area (Å²) in [6, 6.07) is 3.17. The van der Waals surface area contributed by atoms with Gasteiger partial charge >= 0.3 is 0 Å². The van der Waals surface area contributed by atoms with Gasteiger partial charge in [0.25, 0.3) is 0 Å². The molecule has 0 N–H and O–H groups in total. The number of hydrogen-bond donors (Lipinski definition) is 0. The summed E-state index contributed by atoms with van der Waals surface area (Å²) >= 11 is 0. The number of aromatic nitrogens is 2. The summed E-state index contributed by atoms with van der Waals surface area (Å²) in [6.45, 7) is 7.13. The molecule has 6 nitrogen and oxygen atoms in total.